The van der Waals surface area contributed by atoms with Crippen LogP contribution >= 0.6 is 0 Å². The summed E-state index contributed by atoms with van der Waals surface area (Å²) in [7, 11) is 0. The van der Waals surface area contributed by atoms with Crippen molar-refractivity contribution in [3.05, 3.63) is 17.7 Å². The van der Waals surface area contributed by atoms with Crippen LogP contribution in [0.1, 0.15) is 11.6 Å². The molecule has 0 spiro atoms. The molecule has 4 nitrogen and oxygen atoms in total. The van der Waals surface area contributed by atoms with Crippen LogP contribution in [-0.2, 0) is 0 Å². The molecule has 0 aromatic heterocycles. The summed E-state index contributed by atoms with van der Waals surface area (Å²) in [6.07, 6.45) is 0. The van der Waals surface area contributed by atoms with E-state index in [0.717, 1.165) is 0 Å². The number of halogens is 1. The van der Waals surface area contributed by atoms with Gasteiger partial charge in [0.2, 0.25) is 12.5 Å². The fourth-order valence-corrected chi connectivity index (χ4v) is 1.36. The number of phenols is 1. The Balaban J connectivity index is 2.44. The van der Waals surface area contributed by atoms with Crippen molar-refractivity contribution < 1.29 is 19.0 Å². The smallest absolute Gasteiger partial charge is 0.231 e. The lowest BCUT2D eigenvalue weighted by molar-refractivity contribution is 0.171. The second kappa shape index (κ2) is 3.34. The Morgan fingerprint density at radius 2 is 2.29 bits per heavy atom. The zero-order chi connectivity index (χ0) is 10.1. The number of ether oxygens (including phenoxy) is 2. The van der Waals surface area contributed by atoms with Crippen LogP contribution in [0.4, 0.5) is 4.39 Å². The van der Waals surface area contributed by atoms with Crippen molar-refractivity contribution in [1.29, 1.82) is 0 Å². The van der Waals surface area contributed by atoms with Gasteiger partial charge in [-0.3, -0.25) is 0 Å². The van der Waals surface area contributed by atoms with Gasteiger partial charge in [0.1, 0.15) is 6.67 Å². The molecule has 5 heteroatoms. The molecule has 0 saturated carbocycles. The van der Waals surface area contributed by atoms with Crippen molar-refractivity contribution in [3.8, 4) is 17.2 Å². The number of aromatic hydroxyl groups is 1. The van der Waals surface area contributed by atoms with E-state index in [2.05, 4.69) is 0 Å². The minimum atomic E-state index is -0.829. The summed E-state index contributed by atoms with van der Waals surface area (Å²) in [4.78, 5) is 0. The maximum absolute atomic E-state index is 12.3. The van der Waals surface area contributed by atoms with Crippen LogP contribution in [0.3, 0.4) is 0 Å². The molecule has 1 atom stereocenters. The average molecular weight is 199 g/mol. The largest absolute Gasteiger partial charge is 0.504 e. The highest BCUT2D eigenvalue weighted by atomic mass is 19.1. The number of rotatable bonds is 2. The molecule has 0 unspecified atom stereocenters. The first-order chi connectivity index (χ1) is 6.74. The van der Waals surface area contributed by atoms with Gasteiger partial charge in [0.25, 0.3) is 0 Å². The van der Waals surface area contributed by atoms with Gasteiger partial charge in [0.15, 0.2) is 11.5 Å². The van der Waals surface area contributed by atoms with Gasteiger partial charge in [0, 0.05) is 5.56 Å². The van der Waals surface area contributed by atoms with Crippen molar-refractivity contribution in [2.75, 3.05) is 13.5 Å². The molecule has 1 aromatic carbocycles. The highest BCUT2D eigenvalue weighted by molar-refractivity contribution is 5.56. The van der Waals surface area contributed by atoms with Gasteiger partial charge in [-0.05, 0) is 12.1 Å². The molecule has 0 radical (unpaired) electrons. The van der Waals surface area contributed by atoms with Crippen molar-refractivity contribution in [3.63, 3.8) is 0 Å². The Morgan fingerprint density at radius 3 is 3.00 bits per heavy atom. The van der Waals surface area contributed by atoms with Gasteiger partial charge in [-0.2, -0.15) is 0 Å². The van der Waals surface area contributed by atoms with Gasteiger partial charge >= 0.3 is 0 Å². The van der Waals surface area contributed by atoms with E-state index >= 15 is 0 Å². The van der Waals surface area contributed by atoms with Crippen LogP contribution in [0, 0.1) is 0 Å². The highest BCUT2D eigenvalue weighted by Crippen LogP contribution is 2.43. The molecule has 0 aliphatic carbocycles. The molecule has 2 rings (SSSR count). The van der Waals surface area contributed by atoms with E-state index in [1.165, 1.54) is 6.07 Å². The Kier molecular flexibility index (Phi) is 2.17. The Morgan fingerprint density at radius 1 is 1.50 bits per heavy atom. The Bertz CT molecular complexity index is 356. The number of benzene rings is 1. The fraction of sp³-hybridized carbons (Fsp3) is 0.333. The maximum Gasteiger partial charge on any atom is 0.231 e. The first kappa shape index (κ1) is 9.08. The summed E-state index contributed by atoms with van der Waals surface area (Å²) >= 11 is 0. The van der Waals surface area contributed by atoms with Crippen LogP contribution < -0.4 is 15.2 Å². The summed E-state index contributed by atoms with van der Waals surface area (Å²) in [5.41, 5.74) is 5.79. The predicted molar refractivity (Wildman–Crippen MR) is 47.1 cm³/mol. The molecule has 1 aromatic rings. The second-order valence-corrected chi connectivity index (χ2v) is 3.00. The van der Waals surface area contributed by atoms with Gasteiger partial charge in [-0.1, -0.05) is 0 Å². The quantitative estimate of drug-likeness (QED) is 0.748. The van der Waals surface area contributed by atoms with E-state index in [0.29, 0.717) is 11.3 Å². The highest BCUT2D eigenvalue weighted by Gasteiger charge is 2.22. The minimum Gasteiger partial charge on any atom is -0.504 e. The van der Waals surface area contributed by atoms with E-state index in [4.69, 9.17) is 15.2 Å². The lowest BCUT2D eigenvalue weighted by Crippen LogP contribution is -2.12. The maximum atomic E-state index is 12.3. The molecule has 76 valence electrons. The van der Waals surface area contributed by atoms with Crippen molar-refractivity contribution in [1.82, 2.24) is 0 Å². The van der Waals surface area contributed by atoms with Crippen molar-refractivity contribution in [2.24, 2.45) is 5.73 Å². The minimum absolute atomic E-state index is 0.0667. The third-order valence-electron chi connectivity index (χ3n) is 2.11. The summed E-state index contributed by atoms with van der Waals surface area (Å²) < 4.78 is 22.3. The van der Waals surface area contributed by atoms with E-state index in [1.807, 2.05) is 0 Å². The summed E-state index contributed by atoms with van der Waals surface area (Å²) in [5, 5.41) is 9.66. The number of hydrogen-bond acceptors (Lipinski definition) is 4. The number of alkyl halides is 1. The zero-order valence-electron chi connectivity index (χ0n) is 7.37. The van der Waals surface area contributed by atoms with E-state index < -0.39 is 12.7 Å². The molecule has 0 fully saturated rings. The fourth-order valence-electron chi connectivity index (χ4n) is 1.36. The second-order valence-electron chi connectivity index (χ2n) is 3.00. The van der Waals surface area contributed by atoms with E-state index in [9.17, 15) is 9.50 Å². The third-order valence-corrected chi connectivity index (χ3v) is 2.11. The summed E-state index contributed by atoms with van der Waals surface area (Å²) in [5.74, 6) is 0.564. The first-order valence-corrected chi connectivity index (χ1v) is 4.17. The molecular weight excluding hydrogens is 189 g/mol. The summed E-state index contributed by atoms with van der Waals surface area (Å²) in [6, 6.07) is 2.31. The topological polar surface area (TPSA) is 64.7 Å². The standard InChI is InChI=1S/C9H10FNO3/c10-3-6(11)5-1-2-7-9(8(5)12)14-4-13-7/h1-2,6,12H,3-4,11H2/t6-/m1/s1. The number of nitrogens with two attached hydrogens (primary N) is 1. The molecule has 14 heavy (non-hydrogen) atoms. The molecule has 0 saturated heterocycles. The first-order valence-electron chi connectivity index (χ1n) is 4.17. The van der Waals surface area contributed by atoms with Crippen LogP contribution in [0.15, 0.2) is 12.1 Å². The number of phenolic OH excluding ortho intramolecular Hbond substituents is 1. The Hall–Kier alpha value is -1.49. The van der Waals surface area contributed by atoms with Gasteiger partial charge in [-0.25, -0.2) is 4.39 Å². The van der Waals surface area contributed by atoms with Gasteiger partial charge in [0.05, 0.1) is 6.04 Å². The summed E-state index contributed by atoms with van der Waals surface area (Å²) in [6.45, 7) is -0.662. The zero-order valence-corrected chi connectivity index (χ0v) is 7.37. The number of fused-ring (bicyclic) bond motifs is 1. The average Bonchev–Trinajstić information content (AvgIpc) is 2.66. The van der Waals surface area contributed by atoms with Crippen LogP contribution in [0.5, 0.6) is 17.2 Å². The van der Waals surface area contributed by atoms with Crippen molar-refractivity contribution >= 4 is 0 Å². The normalized spacial score (nSPS) is 15.6. The van der Waals surface area contributed by atoms with Crippen LogP contribution in [-0.4, -0.2) is 18.6 Å². The van der Waals surface area contributed by atoms with Gasteiger partial charge in [-0.15, -0.1) is 0 Å². The molecular formula is C9H10FNO3. The third kappa shape index (κ3) is 1.26. The van der Waals surface area contributed by atoms with E-state index in [-0.39, 0.29) is 18.3 Å². The van der Waals surface area contributed by atoms with E-state index in [1.54, 1.807) is 6.07 Å². The lowest BCUT2D eigenvalue weighted by atomic mass is 10.1. The Labute approximate surface area is 80.0 Å². The molecule has 0 bridgehead atoms. The monoisotopic (exact) mass is 199 g/mol. The molecule has 1 aliphatic heterocycles. The van der Waals surface area contributed by atoms with Gasteiger partial charge < -0.3 is 20.3 Å². The molecule has 3 N–H and O–H groups in total. The van der Waals surface area contributed by atoms with Crippen LogP contribution in [0.25, 0.3) is 0 Å². The molecule has 1 aliphatic rings. The van der Waals surface area contributed by atoms with Crippen molar-refractivity contribution in [2.45, 2.75) is 6.04 Å². The molecule has 0 amide bonds. The predicted octanol–water partition coefficient (Wildman–Crippen LogP) is 1.09. The lowest BCUT2D eigenvalue weighted by Gasteiger charge is -2.10. The SMILES string of the molecule is N[C@H](CF)c1ccc2c(c1O)OCO2. The van der Waals surface area contributed by atoms with Crippen LogP contribution in [0.2, 0.25) is 0 Å². The number of hydrogen-bond donors (Lipinski definition) is 2. The molecule has 1 heterocycles.